The maximum atomic E-state index is 15.4. The standard InChI is InChI=1S/C32H54FN3O/c1-21(2)9-8-10-22(3)25-11-12-26-24-18-28(36-29(33)17-23-19-34-20-35-23)32(37)15-7-6-14-31(32,5)27(24)13-16-30(25,26)4/h19-22,24-29,36-37H,6-18H2,1-5H3,(H,34,35)/t22-,24+,25-,26+,27+,28-,29?,30-,31-,32+/m1/s1. The second-order valence-corrected chi connectivity index (χ2v) is 14.6. The summed E-state index contributed by atoms with van der Waals surface area (Å²) in [4.78, 5) is 7.18. The van der Waals surface area contributed by atoms with Crippen molar-refractivity contribution in [1.29, 1.82) is 0 Å². The molecule has 0 amide bonds. The highest BCUT2D eigenvalue weighted by Gasteiger charge is 2.66. The molecule has 1 aromatic heterocycles. The van der Waals surface area contributed by atoms with Crippen LogP contribution in [-0.2, 0) is 6.42 Å². The van der Waals surface area contributed by atoms with E-state index in [0.29, 0.717) is 23.2 Å². The number of nitrogens with zero attached hydrogens (tertiary/aromatic N) is 1. The molecule has 0 spiro atoms. The van der Waals surface area contributed by atoms with Gasteiger partial charge >= 0.3 is 0 Å². The van der Waals surface area contributed by atoms with E-state index >= 15 is 4.39 Å². The number of aromatic amines is 1. The summed E-state index contributed by atoms with van der Waals surface area (Å²) >= 11 is 0. The minimum Gasteiger partial charge on any atom is -0.388 e. The van der Waals surface area contributed by atoms with E-state index in [1.165, 1.54) is 51.4 Å². The molecule has 1 unspecified atom stereocenters. The molecule has 37 heavy (non-hydrogen) atoms. The molecule has 210 valence electrons. The Kier molecular flexibility index (Phi) is 7.88. The number of fused-ring (bicyclic) bond motifs is 5. The van der Waals surface area contributed by atoms with Crippen LogP contribution in [0.2, 0.25) is 0 Å². The third-order valence-electron chi connectivity index (χ3n) is 12.4. The van der Waals surface area contributed by atoms with Crippen LogP contribution in [0.5, 0.6) is 0 Å². The van der Waals surface area contributed by atoms with Crippen molar-refractivity contribution in [3.63, 3.8) is 0 Å². The summed E-state index contributed by atoms with van der Waals surface area (Å²) in [5.74, 6) is 4.25. The number of hydrogen-bond acceptors (Lipinski definition) is 3. The number of H-pyrrole nitrogens is 1. The van der Waals surface area contributed by atoms with E-state index in [9.17, 15) is 5.11 Å². The molecule has 4 nitrogen and oxygen atoms in total. The quantitative estimate of drug-likeness (QED) is 0.299. The molecule has 1 aromatic rings. The minimum atomic E-state index is -1.19. The SMILES string of the molecule is CC(C)CCC[C@@H](C)[C@H]1CC[C@H]2[C@@H]3C[C@@H](NC(F)Cc4c[nH]cn4)[C@@]4(O)CCCC[C@]4(C)[C@H]3CC[C@]12C. The van der Waals surface area contributed by atoms with Gasteiger partial charge in [-0.15, -0.1) is 0 Å². The zero-order valence-electron chi connectivity index (χ0n) is 24.2. The highest BCUT2D eigenvalue weighted by Crippen LogP contribution is 2.69. The van der Waals surface area contributed by atoms with Crippen LogP contribution < -0.4 is 5.32 Å². The van der Waals surface area contributed by atoms with Crippen LogP contribution in [0.25, 0.3) is 0 Å². The van der Waals surface area contributed by atoms with Crippen LogP contribution in [0.15, 0.2) is 12.5 Å². The number of aromatic nitrogens is 2. The number of aliphatic hydroxyl groups is 1. The van der Waals surface area contributed by atoms with Gasteiger partial charge < -0.3 is 10.1 Å². The number of imidazole rings is 1. The summed E-state index contributed by atoms with van der Waals surface area (Å²) in [6, 6.07) is -0.183. The number of alkyl halides is 1. The monoisotopic (exact) mass is 515 g/mol. The number of rotatable bonds is 9. The van der Waals surface area contributed by atoms with Gasteiger partial charge in [0, 0.05) is 24.1 Å². The minimum absolute atomic E-state index is 0.125. The number of hydrogen-bond donors (Lipinski definition) is 3. The van der Waals surface area contributed by atoms with E-state index in [0.717, 1.165) is 49.1 Å². The van der Waals surface area contributed by atoms with Gasteiger partial charge in [0.15, 0.2) is 6.30 Å². The predicted molar refractivity (Wildman–Crippen MR) is 149 cm³/mol. The summed E-state index contributed by atoms with van der Waals surface area (Å²) in [6.45, 7) is 12.2. The van der Waals surface area contributed by atoms with Crippen molar-refractivity contribution in [3.05, 3.63) is 18.2 Å². The average molecular weight is 516 g/mol. The summed E-state index contributed by atoms with van der Waals surface area (Å²) in [7, 11) is 0. The van der Waals surface area contributed by atoms with E-state index in [1.54, 1.807) is 12.5 Å². The Morgan fingerprint density at radius 1 is 1.08 bits per heavy atom. The van der Waals surface area contributed by atoms with Crippen LogP contribution in [0.1, 0.15) is 117 Å². The number of nitrogens with one attached hydrogen (secondary N) is 2. The lowest BCUT2D eigenvalue weighted by Gasteiger charge is -2.66. The Hall–Kier alpha value is -0.940. The highest BCUT2D eigenvalue weighted by atomic mass is 19.1. The van der Waals surface area contributed by atoms with Crippen molar-refractivity contribution >= 4 is 0 Å². The van der Waals surface area contributed by atoms with E-state index in [1.807, 2.05) is 0 Å². The Morgan fingerprint density at radius 2 is 1.86 bits per heavy atom. The van der Waals surface area contributed by atoms with Gasteiger partial charge in [0.25, 0.3) is 0 Å². The van der Waals surface area contributed by atoms with Crippen LogP contribution in [-0.4, -0.2) is 33.0 Å². The van der Waals surface area contributed by atoms with Crippen LogP contribution >= 0.6 is 0 Å². The highest BCUT2D eigenvalue weighted by molar-refractivity contribution is 5.18. The molecular weight excluding hydrogens is 461 g/mol. The molecule has 4 aliphatic carbocycles. The average Bonchev–Trinajstić information content (AvgIpc) is 3.47. The summed E-state index contributed by atoms with van der Waals surface area (Å²) < 4.78 is 15.4. The summed E-state index contributed by atoms with van der Waals surface area (Å²) in [5, 5.41) is 15.7. The molecule has 0 radical (unpaired) electrons. The molecule has 0 aliphatic heterocycles. The van der Waals surface area contributed by atoms with Crippen LogP contribution in [0.4, 0.5) is 4.39 Å². The molecule has 4 aliphatic rings. The zero-order chi connectivity index (χ0) is 26.4. The summed E-state index contributed by atoms with van der Waals surface area (Å²) in [6.07, 6.45) is 16.8. The smallest absolute Gasteiger partial charge is 0.157 e. The topological polar surface area (TPSA) is 60.9 Å². The fourth-order valence-corrected chi connectivity index (χ4v) is 10.4. The predicted octanol–water partition coefficient (Wildman–Crippen LogP) is 7.44. The Balaban J connectivity index is 1.36. The summed E-state index contributed by atoms with van der Waals surface area (Å²) in [5.41, 5.74) is 0.189. The maximum absolute atomic E-state index is 15.4. The lowest BCUT2D eigenvalue weighted by atomic mass is 9.42. The lowest BCUT2D eigenvalue weighted by Crippen LogP contribution is -2.71. The largest absolute Gasteiger partial charge is 0.388 e. The number of halogens is 1. The molecule has 10 atom stereocenters. The molecule has 0 saturated heterocycles. The van der Waals surface area contributed by atoms with Crippen molar-refractivity contribution in [2.24, 2.45) is 46.3 Å². The first-order valence-corrected chi connectivity index (χ1v) is 15.7. The van der Waals surface area contributed by atoms with Gasteiger partial charge in [-0.25, -0.2) is 9.37 Å². The van der Waals surface area contributed by atoms with E-state index in [-0.39, 0.29) is 17.9 Å². The molecule has 5 heteroatoms. The van der Waals surface area contributed by atoms with E-state index < -0.39 is 11.9 Å². The van der Waals surface area contributed by atoms with Crippen molar-refractivity contribution < 1.29 is 9.50 Å². The Bertz CT molecular complexity index is 891. The van der Waals surface area contributed by atoms with Gasteiger partial charge in [-0.05, 0) is 85.9 Å². The second-order valence-electron chi connectivity index (χ2n) is 14.6. The van der Waals surface area contributed by atoms with Crippen molar-refractivity contribution in [2.75, 3.05) is 0 Å². The van der Waals surface area contributed by atoms with Crippen molar-refractivity contribution in [2.45, 2.75) is 136 Å². The first-order chi connectivity index (χ1) is 17.6. The van der Waals surface area contributed by atoms with Crippen LogP contribution in [0, 0.1) is 46.3 Å². The van der Waals surface area contributed by atoms with Gasteiger partial charge in [-0.3, -0.25) is 5.32 Å². The molecule has 5 rings (SSSR count). The first kappa shape index (κ1) is 27.6. The third-order valence-corrected chi connectivity index (χ3v) is 12.4. The molecule has 0 aromatic carbocycles. The second kappa shape index (κ2) is 10.6. The van der Waals surface area contributed by atoms with Gasteiger partial charge in [-0.2, -0.15) is 0 Å². The molecule has 3 N–H and O–H groups in total. The van der Waals surface area contributed by atoms with Crippen molar-refractivity contribution in [1.82, 2.24) is 15.3 Å². The Labute approximate surface area is 225 Å². The first-order valence-electron chi connectivity index (χ1n) is 15.7. The van der Waals surface area contributed by atoms with Gasteiger partial charge in [-0.1, -0.05) is 66.7 Å². The lowest BCUT2D eigenvalue weighted by molar-refractivity contribution is -0.222. The molecule has 0 bridgehead atoms. The normalized spacial score (nSPS) is 43.2. The Morgan fingerprint density at radius 3 is 2.59 bits per heavy atom. The molecular formula is C32H54FN3O. The fraction of sp³-hybridized carbons (Fsp3) is 0.906. The van der Waals surface area contributed by atoms with E-state index in [2.05, 4.69) is 49.9 Å². The molecule has 4 saturated carbocycles. The third kappa shape index (κ3) is 4.83. The fourth-order valence-electron chi connectivity index (χ4n) is 10.4. The van der Waals surface area contributed by atoms with Crippen LogP contribution in [0.3, 0.4) is 0 Å². The molecule has 1 heterocycles. The van der Waals surface area contributed by atoms with Gasteiger partial charge in [0.1, 0.15) is 0 Å². The van der Waals surface area contributed by atoms with E-state index in [4.69, 9.17) is 0 Å². The maximum Gasteiger partial charge on any atom is 0.157 e. The molecule has 4 fully saturated rings. The van der Waals surface area contributed by atoms with Gasteiger partial charge in [0.05, 0.1) is 17.6 Å². The van der Waals surface area contributed by atoms with Crippen molar-refractivity contribution in [3.8, 4) is 0 Å². The van der Waals surface area contributed by atoms with Gasteiger partial charge in [0.2, 0.25) is 0 Å². The zero-order valence-corrected chi connectivity index (χ0v) is 24.2.